The van der Waals surface area contributed by atoms with Crippen molar-refractivity contribution in [2.45, 2.75) is 11.3 Å². The van der Waals surface area contributed by atoms with E-state index >= 15 is 0 Å². The minimum Gasteiger partial charge on any atom is -0.356 e. The van der Waals surface area contributed by atoms with Gasteiger partial charge in [0, 0.05) is 25.5 Å². The molecule has 23 heavy (non-hydrogen) atoms. The van der Waals surface area contributed by atoms with E-state index in [1.807, 2.05) is 24.3 Å². The molecule has 0 unspecified atom stereocenters. The number of hydrogen-bond donors (Lipinski definition) is 2. The van der Waals surface area contributed by atoms with Crippen molar-refractivity contribution in [3.63, 3.8) is 0 Å². The number of primary sulfonamides is 1. The summed E-state index contributed by atoms with van der Waals surface area (Å²) in [6, 6.07) is 13.7. The van der Waals surface area contributed by atoms with Gasteiger partial charge in [-0.05, 0) is 42.0 Å². The second kappa shape index (κ2) is 6.80. The number of rotatable bonds is 5. The lowest BCUT2D eigenvalue weighted by molar-refractivity contribution is -0.127. The Labute approximate surface area is 136 Å². The predicted molar refractivity (Wildman–Crippen MR) is 89.9 cm³/mol. The normalized spacial score (nSPS) is 11.1. The molecule has 0 heterocycles. The fourth-order valence-electron chi connectivity index (χ4n) is 1.93. The van der Waals surface area contributed by atoms with Crippen molar-refractivity contribution in [2.24, 2.45) is 5.14 Å². The lowest BCUT2D eigenvalue weighted by Crippen LogP contribution is -2.23. The average molecular weight is 333 g/mol. The van der Waals surface area contributed by atoms with Crippen LogP contribution < -0.4 is 10.5 Å². The van der Waals surface area contributed by atoms with Crippen LogP contribution in [0.25, 0.3) is 0 Å². The maximum absolute atomic E-state index is 11.7. The second-order valence-electron chi connectivity index (χ2n) is 5.36. The van der Waals surface area contributed by atoms with Gasteiger partial charge in [0.15, 0.2) is 0 Å². The lowest BCUT2D eigenvalue weighted by atomic mass is 10.1. The molecule has 0 aliphatic heterocycles. The predicted octanol–water partition coefficient (Wildman–Crippen LogP) is 1.71. The number of sulfonamides is 1. The van der Waals surface area contributed by atoms with Gasteiger partial charge in [0.1, 0.15) is 0 Å². The monoisotopic (exact) mass is 333 g/mol. The van der Waals surface area contributed by atoms with Gasteiger partial charge in [-0.2, -0.15) is 0 Å². The van der Waals surface area contributed by atoms with E-state index in [2.05, 4.69) is 5.32 Å². The first-order valence-electron chi connectivity index (χ1n) is 6.95. The first-order chi connectivity index (χ1) is 10.8. The van der Waals surface area contributed by atoms with E-state index in [9.17, 15) is 13.2 Å². The largest absolute Gasteiger partial charge is 0.356 e. The van der Waals surface area contributed by atoms with Crippen LogP contribution in [-0.2, 0) is 21.2 Å². The lowest BCUT2D eigenvalue weighted by Gasteiger charge is -2.11. The van der Waals surface area contributed by atoms with E-state index < -0.39 is 10.0 Å². The van der Waals surface area contributed by atoms with E-state index in [0.717, 1.165) is 16.9 Å². The highest BCUT2D eigenvalue weighted by Gasteiger charge is 2.07. The number of carbonyl (C=O) groups is 1. The molecule has 0 aliphatic rings. The van der Waals surface area contributed by atoms with Crippen molar-refractivity contribution < 1.29 is 13.2 Å². The average Bonchev–Trinajstić information content (AvgIpc) is 2.49. The summed E-state index contributed by atoms with van der Waals surface area (Å²) >= 11 is 0. The summed E-state index contributed by atoms with van der Waals surface area (Å²) < 4.78 is 22.4. The first-order valence-corrected chi connectivity index (χ1v) is 8.49. The molecule has 0 saturated carbocycles. The zero-order chi connectivity index (χ0) is 17.0. The maximum Gasteiger partial charge on any atom is 0.238 e. The highest BCUT2D eigenvalue weighted by atomic mass is 32.2. The Morgan fingerprint density at radius 3 is 1.91 bits per heavy atom. The number of hydrogen-bond acceptors (Lipinski definition) is 4. The van der Waals surface area contributed by atoms with Gasteiger partial charge in [-0.1, -0.05) is 12.1 Å². The summed E-state index contributed by atoms with van der Waals surface area (Å²) in [5.74, 6) is 0.0456. The molecule has 0 aromatic heterocycles. The molecule has 3 N–H and O–H groups in total. The van der Waals surface area contributed by atoms with Crippen LogP contribution in [0.15, 0.2) is 53.4 Å². The number of nitrogens with zero attached hydrogens (tertiary/aromatic N) is 1. The number of carbonyl (C=O) groups excluding carboxylic acids is 1. The van der Waals surface area contributed by atoms with E-state index in [1.165, 1.54) is 12.1 Å². The molecule has 6 nitrogen and oxygen atoms in total. The van der Waals surface area contributed by atoms with Gasteiger partial charge < -0.3 is 10.2 Å². The van der Waals surface area contributed by atoms with Crippen LogP contribution in [0.5, 0.6) is 0 Å². The van der Waals surface area contributed by atoms with Crippen LogP contribution >= 0.6 is 0 Å². The van der Waals surface area contributed by atoms with E-state index in [1.54, 1.807) is 31.1 Å². The topological polar surface area (TPSA) is 92.5 Å². The third-order valence-electron chi connectivity index (χ3n) is 3.28. The quantitative estimate of drug-likeness (QED) is 0.871. The minimum absolute atomic E-state index is 0.0456. The molecular weight excluding hydrogens is 314 g/mol. The minimum atomic E-state index is -3.68. The Balaban J connectivity index is 2.05. The standard InChI is InChI=1S/C16H19N3O3S/c1-19(2)16(20)11-12-3-5-13(6-4-12)18-14-7-9-15(10-8-14)23(17,21)22/h3-10,18H,11H2,1-2H3,(H2,17,21,22). The fourth-order valence-corrected chi connectivity index (χ4v) is 2.45. The van der Waals surface area contributed by atoms with Gasteiger partial charge in [-0.25, -0.2) is 13.6 Å². The van der Waals surface area contributed by atoms with Gasteiger partial charge in [-0.15, -0.1) is 0 Å². The Bertz CT molecular complexity index is 782. The van der Waals surface area contributed by atoms with Crippen molar-refractivity contribution in [3.8, 4) is 0 Å². The van der Waals surface area contributed by atoms with Crippen LogP contribution in [0.4, 0.5) is 11.4 Å². The number of benzene rings is 2. The Morgan fingerprint density at radius 2 is 1.48 bits per heavy atom. The van der Waals surface area contributed by atoms with Crippen molar-refractivity contribution in [1.29, 1.82) is 0 Å². The zero-order valence-electron chi connectivity index (χ0n) is 13.0. The maximum atomic E-state index is 11.7. The van der Waals surface area contributed by atoms with Crippen LogP contribution in [0.3, 0.4) is 0 Å². The van der Waals surface area contributed by atoms with Crippen LogP contribution in [0, 0.1) is 0 Å². The van der Waals surface area contributed by atoms with E-state index in [4.69, 9.17) is 5.14 Å². The summed E-state index contributed by atoms with van der Waals surface area (Å²) in [5, 5.41) is 8.21. The third kappa shape index (κ3) is 4.80. The molecule has 0 saturated heterocycles. The van der Waals surface area contributed by atoms with E-state index in [0.29, 0.717) is 6.42 Å². The molecule has 0 fully saturated rings. The number of anilines is 2. The summed E-state index contributed by atoms with van der Waals surface area (Å²) in [6.07, 6.45) is 0.357. The van der Waals surface area contributed by atoms with Gasteiger partial charge in [0.25, 0.3) is 0 Å². The smallest absolute Gasteiger partial charge is 0.238 e. The second-order valence-corrected chi connectivity index (χ2v) is 6.92. The van der Waals surface area contributed by atoms with Gasteiger partial charge in [0.2, 0.25) is 15.9 Å². The van der Waals surface area contributed by atoms with Crippen molar-refractivity contribution in [1.82, 2.24) is 4.90 Å². The van der Waals surface area contributed by atoms with Crippen molar-refractivity contribution in [3.05, 3.63) is 54.1 Å². The molecule has 0 atom stereocenters. The van der Waals surface area contributed by atoms with Gasteiger partial charge in [-0.3, -0.25) is 4.79 Å². The molecule has 122 valence electrons. The first kappa shape index (κ1) is 17.0. The Hall–Kier alpha value is -2.38. The molecule has 1 amide bonds. The van der Waals surface area contributed by atoms with Crippen LogP contribution in [0.2, 0.25) is 0 Å². The Morgan fingerprint density at radius 1 is 1.00 bits per heavy atom. The van der Waals surface area contributed by atoms with E-state index in [-0.39, 0.29) is 10.8 Å². The molecular formula is C16H19N3O3S. The number of amides is 1. The van der Waals surface area contributed by atoms with Gasteiger partial charge >= 0.3 is 0 Å². The molecule has 0 aliphatic carbocycles. The number of nitrogens with two attached hydrogens (primary N) is 1. The SMILES string of the molecule is CN(C)C(=O)Cc1ccc(Nc2ccc(S(N)(=O)=O)cc2)cc1. The molecule has 2 aromatic carbocycles. The van der Waals surface area contributed by atoms with Crippen molar-refractivity contribution >= 4 is 27.3 Å². The molecule has 0 bridgehead atoms. The van der Waals surface area contributed by atoms with Crippen LogP contribution in [-0.4, -0.2) is 33.3 Å². The summed E-state index contributed by atoms with van der Waals surface area (Å²) in [5.41, 5.74) is 2.52. The fraction of sp³-hybridized carbons (Fsp3) is 0.188. The molecule has 2 rings (SSSR count). The van der Waals surface area contributed by atoms with Crippen LogP contribution in [0.1, 0.15) is 5.56 Å². The molecule has 0 radical (unpaired) electrons. The molecule has 0 spiro atoms. The highest BCUT2D eigenvalue weighted by molar-refractivity contribution is 7.89. The molecule has 2 aromatic rings. The third-order valence-corrected chi connectivity index (χ3v) is 4.21. The zero-order valence-corrected chi connectivity index (χ0v) is 13.8. The summed E-state index contributed by atoms with van der Waals surface area (Å²) in [4.78, 5) is 13.3. The Kier molecular flexibility index (Phi) is 5.02. The molecule has 7 heteroatoms. The number of nitrogens with one attached hydrogen (secondary N) is 1. The highest BCUT2D eigenvalue weighted by Crippen LogP contribution is 2.19. The number of likely N-dealkylation sites (N-methyl/N-ethyl adjacent to an activating group) is 1. The summed E-state index contributed by atoms with van der Waals surface area (Å²) in [7, 11) is -0.229. The summed E-state index contributed by atoms with van der Waals surface area (Å²) in [6.45, 7) is 0. The van der Waals surface area contributed by atoms with Crippen molar-refractivity contribution in [2.75, 3.05) is 19.4 Å². The van der Waals surface area contributed by atoms with Gasteiger partial charge in [0.05, 0.1) is 11.3 Å².